The maximum Gasteiger partial charge on any atom is 0.305 e. The molecule has 0 aromatic heterocycles. The van der Waals surface area contributed by atoms with Gasteiger partial charge in [0.15, 0.2) is 0 Å². The van der Waals surface area contributed by atoms with Gasteiger partial charge in [-0.25, -0.2) is 0 Å². The molecule has 0 radical (unpaired) electrons. The summed E-state index contributed by atoms with van der Waals surface area (Å²) in [4.78, 5) is 24.2. The van der Waals surface area contributed by atoms with Crippen LogP contribution in [0, 0.1) is 11.8 Å². The second kappa shape index (κ2) is 35.7. The molecule has 0 saturated heterocycles. The first-order valence-electron chi connectivity index (χ1n) is 20.1. The molecule has 0 aromatic rings. The second-order valence-corrected chi connectivity index (χ2v) is 13.8. The first kappa shape index (κ1) is 43.9. The van der Waals surface area contributed by atoms with Crippen molar-refractivity contribution in [2.75, 3.05) is 26.3 Å². The molecule has 45 heavy (non-hydrogen) atoms. The van der Waals surface area contributed by atoms with Crippen molar-refractivity contribution < 1.29 is 19.1 Å². The van der Waals surface area contributed by atoms with Crippen molar-refractivity contribution in [1.82, 2.24) is 5.32 Å². The highest BCUT2D eigenvalue weighted by molar-refractivity contribution is 5.69. The van der Waals surface area contributed by atoms with E-state index in [4.69, 9.17) is 9.47 Å². The highest BCUT2D eigenvalue weighted by Gasteiger charge is 2.11. The summed E-state index contributed by atoms with van der Waals surface area (Å²) in [5.74, 6) is 1.45. The number of nitrogens with one attached hydrogen (secondary N) is 1. The summed E-state index contributed by atoms with van der Waals surface area (Å²) in [7, 11) is 0. The molecule has 5 nitrogen and oxygen atoms in total. The molecule has 0 atom stereocenters. The summed E-state index contributed by atoms with van der Waals surface area (Å²) in [6.45, 7) is 12.4. The predicted molar refractivity (Wildman–Crippen MR) is 194 cm³/mol. The van der Waals surface area contributed by atoms with Gasteiger partial charge in [-0.15, -0.1) is 0 Å². The van der Waals surface area contributed by atoms with Gasteiger partial charge >= 0.3 is 11.9 Å². The third-order valence-corrected chi connectivity index (χ3v) is 9.41. The molecule has 1 N–H and O–H groups in total. The van der Waals surface area contributed by atoms with Crippen LogP contribution in [-0.2, 0) is 19.1 Å². The molecule has 0 spiro atoms. The van der Waals surface area contributed by atoms with Crippen molar-refractivity contribution in [3.63, 3.8) is 0 Å². The fraction of sp³-hybridized carbons (Fsp3) is 0.950. The molecule has 0 rings (SSSR count). The van der Waals surface area contributed by atoms with Crippen LogP contribution in [0.4, 0.5) is 0 Å². The third kappa shape index (κ3) is 32.6. The lowest BCUT2D eigenvalue weighted by molar-refractivity contribution is -0.145. The van der Waals surface area contributed by atoms with Gasteiger partial charge in [-0.2, -0.15) is 0 Å². The lowest BCUT2D eigenvalue weighted by Gasteiger charge is -2.16. The summed E-state index contributed by atoms with van der Waals surface area (Å²) in [6, 6.07) is 0. The molecule has 0 saturated carbocycles. The zero-order chi connectivity index (χ0) is 33.1. The van der Waals surface area contributed by atoms with Crippen LogP contribution in [0.3, 0.4) is 0 Å². The van der Waals surface area contributed by atoms with Crippen LogP contribution < -0.4 is 5.32 Å². The molecule has 0 aromatic carbocycles. The van der Waals surface area contributed by atoms with Crippen LogP contribution in [0.1, 0.15) is 207 Å². The molecule has 268 valence electrons. The van der Waals surface area contributed by atoms with Crippen LogP contribution in [0.5, 0.6) is 0 Å². The number of carbonyl (C=O) groups excluding carboxylic acids is 2. The van der Waals surface area contributed by atoms with Crippen molar-refractivity contribution in [1.29, 1.82) is 0 Å². The maximum atomic E-state index is 12.2. The molecule has 5 heteroatoms. The molecule has 0 aliphatic rings. The quantitative estimate of drug-likeness (QED) is 0.0547. The van der Waals surface area contributed by atoms with Gasteiger partial charge in [-0.1, -0.05) is 156 Å². The van der Waals surface area contributed by atoms with Gasteiger partial charge in [0.25, 0.3) is 0 Å². The number of unbranched alkanes of at least 4 members (excludes halogenated alkanes) is 14. The zero-order valence-electron chi connectivity index (χ0n) is 30.9. The molecule has 0 bridgehead atoms. The smallest absolute Gasteiger partial charge is 0.305 e. The molecule has 0 unspecified atom stereocenters. The Morgan fingerprint density at radius 1 is 0.422 bits per heavy atom. The fourth-order valence-corrected chi connectivity index (χ4v) is 6.27. The van der Waals surface area contributed by atoms with E-state index in [1.54, 1.807) is 0 Å². The molecule has 0 aliphatic carbocycles. The average Bonchev–Trinajstić information content (AvgIpc) is 3.03. The minimum atomic E-state index is -0.00369. The maximum absolute atomic E-state index is 12.2. The Morgan fingerprint density at radius 3 is 1.18 bits per heavy atom. The van der Waals surface area contributed by atoms with Gasteiger partial charge < -0.3 is 14.8 Å². The molecule has 0 heterocycles. The van der Waals surface area contributed by atoms with Crippen LogP contribution >= 0.6 is 0 Å². The molecule has 0 aliphatic heterocycles. The number of ether oxygens (including phenoxy) is 2. The normalized spacial score (nSPS) is 11.5. The number of esters is 2. The van der Waals surface area contributed by atoms with E-state index in [9.17, 15) is 9.59 Å². The highest BCUT2D eigenvalue weighted by atomic mass is 16.5. The topological polar surface area (TPSA) is 64.6 Å². The summed E-state index contributed by atoms with van der Waals surface area (Å²) in [5.41, 5.74) is 0. The van der Waals surface area contributed by atoms with Crippen LogP contribution in [0.15, 0.2) is 0 Å². The van der Waals surface area contributed by atoms with Gasteiger partial charge in [0.1, 0.15) is 0 Å². The minimum Gasteiger partial charge on any atom is -0.466 e. The van der Waals surface area contributed by atoms with Crippen molar-refractivity contribution >= 4 is 11.9 Å². The van der Waals surface area contributed by atoms with Gasteiger partial charge in [0, 0.05) is 12.8 Å². The van der Waals surface area contributed by atoms with E-state index in [-0.39, 0.29) is 11.9 Å². The first-order chi connectivity index (χ1) is 22.1. The van der Waals surface area contributed by atoms with E-state index >= 15 is 0 Å². The summed E-state index contributed by atoms with van der Waals surface area (Å²) >= 11 is 0. The number of hydrogen-bond acceptors (Lipinski definition) is 5. The Bertz CT molecular complexity index is 607. The third-order valence-electron chi connectivity index (χ3n) is 9.41. The van der Waals surface area contributed by atoms with Gasteiger partial charge in [0.2, 0.25) is 0 Å². The summed E-state index contributed by atoms with van der Waals surface area (Å²) in [5, 5.41) is 3.58. The van der Waals surface area contributed by atoms with E-state index in [0.29, 0.717) is 26.1 Å². The number of carbonyl (C=O) groups is 2. The lowest BCUT2D eigenvalue weighted by atomic mass is 9.92. The van der Waals surface area contributed by atoms with E-state index in [0.717, 1.165) is 63.5 Å². The van der Waals surface area contributed by atoms with Crippen molar-refractivity contribution in [3.05, 3.63) is 0 Å². The Kier molecular flexibility index (Phi) is 34.9. The van der Waals surface area contributed by atoms with Crippen LogP contribution in [-0.4, -0.2) is 38.2 Å². The van der Waals surface area contributed by atoms with Crippen LogP contribution in [0.2, 0.25) is 0 Å². The van der Waals surface area contributed by atoms with Crippen LogP contribution in [0.25, 0.3) is 0 Å². The average molecular weight is 638 g/mol. The Balaban J connectivity index is 3.53. The largest absolute Gasteiger partial charge is 0.466 e. The lowest BCUT2D eigenvalue weighted by Crippen LogP contribution is -2.16. The van der Waals surface area contributed by atoms with Gasteiger partial charge in [0.05, 0.1) is 13.2 Å². The molecular formula is C40H79NO4. The second-order valence-electron chi connectivity index (χ2n) is 13.8. The summed E-state index contributed by atoms with van der Waals surface area (Å²) < 4.78 is 11.1. The Labute approximate surface area is 281 Å². The SMILES string of the molecule is CCCCCC(CCCCC)CCOC(=O)CCCCCCCNCCCCCCCC(=O)OCCC(CCCC)CCCC. The standard InChI is InChI=1S/C40H79NO4/c1-5-9-19-27-38(28-20-10-6-2)32-36-45-40(43)30-22-16-14-18-24-34-41-33-23-17-13-15-21-29-39(42)44-35-31-37(25-11-7-3)26-12-8-4/h37-38,41H,5-36H2,1-4H3. The van der Waals surface area contributed by atoms with Gasteiger partial charge in [-0.3, -0.25) is 9.59 Å². The van der Waals surface area contributed by atoms with E-state index in [1.807, 2.05) is 0 Å². The van der Waals surface area contributed by atoms with E-state index < -0.39 is 0 Å². The molecule has 0 amide bonds. The Hall–Kier alpha value is -1.10. The zero-order valence-corrected chi connectivity index (χ0v) is 30.9. The fourth-order valence-electron chi connectivity index (χ4n) is 6.27. The Morgan fingerprint density at radius 2 is 0.778 bits per heavy atom. The summed E-state index contributed by atoms with van der Waals surface area (Å²) in [6.07, 6.45) is 32.7. The number of rotatable bonds is 36. The van der Waals surface area contributed by atoms with Crippen molar-refractivity contribution in [3.8, 4) is 0 Å². The van der Waals surface area contributed by atoms with E-state index in [2.05, 4.69) is 33.0 Å². The minimum absolute atomic E-state index is 0.00138. The predicted octanol–water partition coefficient (Wildman–Crippen LogP) is 11.9. The van der Waals surface area contributed by atoms with Gasteiger partial charge in [-0.05, 0) is 63.5 Å². The van der Waals surface area contributed by atoms with Crippen molar-refractivity contribution in [2.45, 2.75) is 207 Å². The van der Waals surface area contributed by atoms with Crippen molar-refractivity contribution in [2.24, 2.45) is 11.8 Å². The highest BCUT2D eigenvalue weighted by Crippen LogP contribution is 2.22. The molecule has 0 fully saturated rings. The molecular weight excluding hydrogens is 558 g/mol. The number of hydrogen-bond donors (Lipinski definition) is 1. The van der Waals surface area contributed by atoms with E-state index in [1.165, 1.54) is 128 Å². The first-order valence-corrected chi connectivity index (χ1v) is 20.1. The monoisotopic (exact) mass is 638 g/mol.